The van der Waals surface area contributed by atoms with Crippen LogP contribution < -0.4 is 10.1 Å². The lowest BCUT2D eigenvalue weighted by Gasteiger charge is -2.28. The molecule has 0 saturated heterocycles. The van der Waals surface area contributed by atoms with Gasteiger partial charge in [-0.05, 0) is 50.5 Å². The van der Waals surface area contributed by atoms with Gasteiger partial charge in [0.1, 0.15) is 16.9 Å². The average molecular weight is 373 g/mol. The summed E-state index contributed by atoms with van der Waals surface area (Å²) < 4.78 is 11.8. The number of hydrogen-bond acceptors (Lipinski definition) is 4. The highest BCUT2D eigenvalue weighted by atomic mass is 16.5. The number of carbonyl (C=O) groups is 1. The van der Waals surface area contributed by atoms with Crippen LogP contribution in [0.4, 0.5) is 5.69 Å². The third kappa shape index (κ3) is 5.42. The van der Waals surface area contributed by atoms with Gasteiger partial charge in [0.2, 0.25) is 0 Å². The van der Waals surface area contributed by atoms with Crippen LogP contribution in [-0.4, -0.2) is 29.7 Å². The predicted molar refractivity (Wildman–Crippen MR) is 110 cm³/mol. The Hall–Kier alpha value is -2.14. The lowest BCUT2D eigenvalue weighted by molar-refractivity contribution is -0.140. The average Bonchev–Trinajstić information content (AvgIpc) is 2.68. The summed E-state index contributed by atoms with van der Waals surface area (Å²) in [6.45, 7) is 9.32. The second-order valence-electron chi connectivity index (χ2n) is 7.00. The number of rotatable bonds is 11. The third-order valence-corrected chi connectivity index (χ3v) is 4.57. The Morgan fingerprint density at radius 2 is 1.93 bits per heavy atom. The molecule has 0 aliphatic carbocycles. The summed E-state index contributed by atoms with van der Waals surface area (Å²) in [7, 11) is 0. The number of amides is 1. The van der Waals surface area contributed by atoms with Gasteiger partial charge in [-0.25, -0.2) is 0 Å². The van der Waals surface area contributed by atoms with Crippen LogP contribution in [0.15, 0.2) is 30.5 Å². The van der Waals surface area contributed by atoms with E-state index < -0.39 is 5.60 Å². The lowest BCUT2D eigenvalue weighted by atomic mass is 9.98. The molecular formula is C22H32N2O3. The molecule has 5 heteroatoms. The number of nitrogens with one attached hydrogen (secondary N) is 1. The van der Waals surface area contributed by atoms with E-state index in [9.17, 15) is 4.79 Å². The van der Waals surface area contributed by atoms with Crippen LogP contribution in [0.2, 0.25) is 0 Å². The molecule has 0 aliphatic rings. The zero-order valence-corrected chi connectivity index (χ0v) is 17.0. The molecule has 27 heavy (non-hydrogen) atoms. The first-order valence-electron chi connectivity index (χ1n) is 10.0. The van der Waals surface area contributed by atoms with Crippen LogP contribution in [0.25, 0.3) is 10.9 Å². The lowest BCUT2D eigenvalue weighted by Crippen LogP contribution is -2.43. The number of hydrogen-bond donors (Lipinski definition) is 1. The van der Waals surface area contributed by atoms with Gasteiger partial charge in [0.05, 0.1) is 12.3 Å². The molecule has 148 valence electrons. The number of pyridine rings is 1. The van der Waals surface area contributed by atoms with Gasteiger partial charge in [-0.3, -0.25) is 9.78 Å². The number of anilines is 1. The van der Waals surface area contributed by atoms with Crippen molar-refractivity contribution in [2.75, 3.05) is 18.5 Å². The van der Waals surface area contributed by atoms with Crippen molar-refractivity contribution in [2.45, 2.75) is 65.4 Å². The highest BCUT2D eigenvalue weighted by Crippen LogP contribution is 2.31. The Morgan fingerprint density at radius 3 is 2.63 bits per heavy atom. The number of unbranched alkanes of at least 4 members (excludes halogenated alkanes) is 1. The first kappa shape index (κ1) is 21.2. The number of carbonyl (C=O) groups excluding carboxylic acids is 1. The van der Waals surface area contributed by atoms with E-state index in [0.29, 0.717) is 19.6 Å². The smallest absolute Gasteiger partial charge is 0.256 e. The fraction of sp³-hybridized carbons (Fsp3) is 0.545. The van der Waals surface area contributed by atoms with Gasteiger partial charge in [-0.15, -0.1) is 0 Å². The van der Waals surface area contributed by atoms with Crippen molar-refractivity contribution in [1.82, 2.24) is 4.98 Å². The summed E-state index contributed by atoms with van der Waals surface area (Å²) in [5.41, 5.74) is 0.654. The van der Waals surface area contributed by atoms with E-state index in [0.717, 1.165) is 48.0 Å². The summed E-state index contributed by atoms with van der Waals surface area (Å²) in [5.74, 6) is 0.623. The van der Waals surface area contributed by atoms with Crippen LogP contribution in [0.1, 0.15) is 59.8 Å². The normalized spacial score (nSPS) is 13.3. The van der Waals surface area contributed by atoms with Crippen molar-refractivity contribution in [1.29, 1.82) is 0 Å². The minimum absolute atomic E-state index is 0.123. The minimum Gasteiger partial charge on any atom is -0.491 e. The Labute approximate surface area is 162 Å². The van der Waals surface area contributed by atoms with Gasteiger partial charge in [0.15, 0.2) is 0 Å². The van der Waals surface area contributed by atoms with Gasteiger partial charge >= 0.3 is 0 Å². The molecule has 5 nitrogen and oxygen atoms in total. The second kappa shape index (κ2) is 10.3. The molecule has 1 atom stereocenters. The summed E-state index contributed by atoms with van der Waals surface area (Å²) in [5, 5.41) is 3.92. The van der Waals surface area contributed by atoms with Crippen molar-refractivity contribution in [3.8, 4) is 5.75 Å². The summed E-state index contributed by atoms with van der Waals surface area (Å²) >= 11 is 0. The Bertz CT molecular complexity index is 747. The van der Waals surface area contributed by atoms with Crippen molar-refractivity contribution in [3.05, 3.63) is 30.5 Å². The van der Waals surface area contributed by atoms with Crippen molar-refractivity contribution >= 4 is 22.5 Å². The standard InChI is InChI=1S/C22H32N2O3/c1-5-8-16-26-19-12-11-18(17-10-9-14-23-20(17)19)24-21(25)22(4,13-6-2)27-15-7-3/h9-12,14H,5-8,13,15-16H2,1-4H3,(H,24,25). The molecule has 0 saturated carbocycles. The number of benzene rings is 1. The number of nitrogens with zero attached hydrogens (tertiary/aromatic N) is 1. The summed E-state index contributed by atoms with van der Waals surface area (Å²) in [6.07, 6.45) is 6.24. The van der Waals surface area contributed by atoms with Crippen molar-refractivity contribution in [3.63, 3.8) is 0 Å². The molecule has 1 heterocycles. The van der Waals surface area contributed by atoms with Crippen LogP contribution in [-0.2, 0) is 9.53 Å². The fourth-order valence-electron chi connectivity index (χ4n) is 3.01. The monoisotopic (exact) mass is 372 g/mol. The first-order chi connectivity index (χ1) is 13.1. The zero-order valence-electron chi connectivity index (χ0n) is 17.0. The minimum atomic E-state index is -0.838. The summed E-state index contributed by atoms with van der Waals surface area (Å²) in [6, 6.07) is 7.58. The SMILES string of the molecule is CCCCOc1ccc(NC(=O)C(C)(CCC)OCCC)c2cccnc12. The van der Waals surface area contributed by atoms with Crippen LogP contribution in [0.5, 0.6) is 5.75 Å². The molecular weight excluding hydrogens is 340 g/mol. The molecule has 0 spiro atoms. The third-order valence-electron chi connectivity index (χ3n) is 4.57. The van der Waals surface area contributed by atoms with E-state index in [1.54, 1.807) is 6.20 Å². The van der Waals surface area contributed by atoms with E-state index in [2.05, 4.69) is 24.1 Å². The molecule has 0 fully saturated rings. The maximum atomic E-state index is 13.0. The molecule has 1 amide bonds. The van der Waals surface area contributed by atoms with Gasteiger partial charge < -0.3 is 14.8 Å². The van der Waals surface area contributed by atoms with E-state index in [1.807, 2.05) is 38.1 Å². The highest BCUT2D eigenvalue weighted by molar-refractivity contribution is 6.05. The van der Waals surface area contributed by atoms with Crippen LogP contribution in [0, 0.1) is 0 Å². The Morgan fingerprint density at radius 1 is 1.11 bits per heavy atom. The van der Waals surface area contributed by atoms with E-state index in [4.69, 9.17) is 9.47 Å². The number of ether oxygens (including phenoxy) is 2. The molecule has 2 rings (SSSR count). The van der Waals surface area contributed by atoms with Crippen molar-refractivity contribution in [2.24, 2.45) is 0 Å². The quantitative estimate of drug-likeness (QED) is 0.541. The summed E-state index contributed by atoms with van der Waals surface area (Å²) in [4.78, 5) is 17.5. The van der Waals surface area contributed by atoms with Gasteiger partial charge in [0.25, 0.3) is 5.91 Å². The van der Waals surface area contributed by atoms with Crippen molar-refractivity contribution < 1.29 is 14.3 Å². The molecule has 0 bridgehead atoms. The van der Waals surface area contributed by atoms with Crippen LogP contribution >= 0.6 is 0 Å². The van der Waals surface area contributed by atoms with Gasteiger partial charge in [-0.1, -0.05) is 33.6 Å². The maximum absolute atomic E-state index is 13.0. The fourth-order valence-corrected chi connectivity index (χ4v) is 3.01. The largest absolute Gasteiger partial charge is 0.491 e. The topological polar surface area (TPSA) is 60.5 Å². The number of aromatic nitrogens is 1. The van der Waals surface area contributed by atoms with Crippen LogP contribution in [0.3, 0.4) is 0 Å². The number of fused-ring (bicyclic) bond motifs is 1. The molecule has 1 N–H and O–H groups in total. The Kier molecular flexibility index (Phi) is 8.04. The van der Waals surface area contributed by atoms with Gasteiger partial charge in [0, 0.05) is 18.2 Å². The predicted octanol–water partition coefficient (Wildman–Crippen LogP) is 5.34. The molecule has 0 radical (unpaired) electrons. The maximum Gasteiger partial charge on any atom is 0.256 e. The van der Waals surface area contributed by atoms with E-state index in [1.165, 1.54) is 0 Å². The van der Waals surface area contributed by atoms with E-state index in [-0.39, 0.29) is 5.91 Å². The van der Waals surface area contributed by atoms with E-state index >= 15 is 0 Å². The second-order valence-corrected chi connectivity index (χ2v) is 7.00. The molecule has 1 unspecified atom stereocenters. The van der Waals surface area contributed by atoms with Gasteiger partial charge in [-0.2, -0.15) is 0 Å². The highest BCUT2D eigenvalue weighted by Gasteiger charge is 2.33. The zero-order chi connectivity index (χ0) is 19.7. The molecule has 0 aliphatic heterocycles. The molecule has 2 aromatic rings. The molecule has 1 aromatic carbocycles. The molecule has 1 aromatic heterocycles. The first-order valence-corrected chi connectivity index (χ1v) is 10.0. The Balaban J connectivity index is 2.27.